The summed E-state index contributed by atoms with van der Waals surface area (Å²) in [6.45, 7) is 0.419. The largest absolute Gasteiger partial charge is 0.429 e. The van der Waals surface area contributed by atoms with Gasteiger partial charge in [0.15, 0.2) is 11.4 Å². The van der Waals surface area contributed by atoms with E-state index in [0.29, 0.717) is 17.9 Å². The lowest BCUT2D eigenvalue weighted by Gasteiger charge is -2.27. The van der Waals surface area contributed by atoms with E-state index in [4.69, 9.17) is 26.1 Å². The molecule has 1 aromatic carbocycles. The molecule has 2 saturated heterocycles. The monoisotopic (exact) mass is 277 g/mol. The van der Waals surface area contributed by atoms with E-state index in [1.165, 1.54) is 0 Å². The molecule has 2 aromatic rings. The first kappa shape index (κ1) is 11.3. The molecule has 5 nitrogen and oxygen atoms in total. The van der Waals surface area contributed by atoms with E-state index in [1.54, 1.807) is 0 Å². The summed E-state index contributed by atoms with van der Waals surface area (Å²) in [5.41, 5.74) is 1.61. The van der Waals surface area contributed by atoms with Crippen LogP contribution in [0.25, 0.3) is 11.1 Å². The first-order valence-corrected chi connectivity index (χ1v) is 6.55. The number of ether oxygens (including phenoxy) is 2. The quantitative estimate of drug-likeness (QED) is 0.748. The number of hydrogen-bond donors (Lipinski definition) is 0. The van der Waals surface area contributed by atoms with Gasteiger partial charge in [0.1, 0.15) is 6.10 Å². The lowest BCUT2D eigenvalue weighted by molar-refractivity contribution is -0.156. The normalized spacial score (nSPS) is 30.1. The number of para-hydroxylation sites is 2. The summed E-state index contributed by atoms with van der Waals surface area (Å²) >= 11 is 5.28. The number of oxazole rings is 1. The number of rotatable bonds is 1. The van der Waals surface area contributed by atoms with Gasteiger partial charge in [-0.15, -0.1) is 0 Å². The lowest BCUT2D eigenvalue weighted by atomic mass is 10.0. The maximum absolute atomic E-state index is 11.9. The molecule has 2 aliphatic heterocycles. The SMILES string of the molecule is O=C1C[C@@H](n2c(=S)oc3ccccc32)[C@H]2CO[C@@H]1O2. The van der Waals surface area contributed by atoms with Gasteiger partial charge >= 0.3 is 0 Å². The Balaban J connectivity index is 1.88. The summed E-state index contributed by atoms with van der Waals surface area (Å²) in [5, 5.41) is 0. The molecule has 2 aliphatic rings. The number of benzene rings is 1. The molecule has 98 valence electrons. The van der Waals surface area contributed by atoms with E-state index < -0.39 is 6.29 Å². The Hall–Kier alpha value is -1.50. The fraction of sp³-hybridized carbons (Fsp3) is 0.385. The second-order valence-electron chi connectivity index (χ2n) is 4.78. The molecule has 2 bridgehead atoms. The van der Waals surface area contributed by atoms with Gasteiger partial charge in [0.2, 0.25) is 6.29 Å². The van der Waals surface area contributed by atoms with Crippen LogP contribution in [0.4, 0.5) is 0 Å². The Morgan fingerprint density at radius 3 is 3.05 bits per heavy atom. The van der Waals surface area contributed by atoms with Crippen LogP contribution in [0.15, 0.2) is 28.7 Å². The van der Waals surface area contributed by atoms with Crippen molar-refractivity contribution in [2.24, 2.45) is 0 Å². The van der Waals surface area contributed by atoms with E-state index in [2.05, 4.69) is 0 Å². The van der Waals surface area contributed by atoms with Crippen molar-refractivity contribution in [3.63, 3.8) is 0 Å². The maximum Gasteiger partial charge on any atom is 0.269 e. The molecule has 0 aliphatic carbocycles. The molecular formula is C13H11NO4S. The molecule has 0 saturated carbocycles. The van der Waals surface area contributed by atoms with Crippen LogP contribution >= 0.6 is 12.2 Å². The Kier molecular flexibility index (Phi) is 2.38. The minimum absolute atomic E-state index is 0.0362. The number of hydrogen-bond acceptors (Lipinski definition) is 5. The molecule has 4 rings (SSSR count). The van der Waals surface area contributed by atoms with Gasteiger partial charge in [-0.05, 0) is 24.4 Å². The van der Waals surface area contributed by atoms with Crippen LogP contribution in [0.3, 0.4) is 0 Å². The Morgan fingerprint density at radius 1 is 1.32 bits per heavy atom. The summed E-state index contributed by atoms with van der Waals surface area (Å²) in [7, 11) is 0. The molecule has 19 heavy (non-hydrogen) atoms. The third-order valence-electron chi connectivity index (χ3n) is 3.66. The van der Waals surface area contributed by atoms with Gasteiger partial charge in [0.25, 0.3) is 4.84 Å². The molecule has 6 heteroatoms. The van der Waals surface area contributed by atoms with Crippen molar-refractivity contribution < 1.29 is 18.7 Å². The van der Waals surface area contributed by atoms with E-state index in [1.807, 2.05) is 28.8 Å². The highest BCUT2D eigenvalue weighted by Gasteiger charge is 2.44. The van der Waals surface area contributed by atoms with Crippen molar-refractivity contribution in [1.82, 2.24) is 4.57 Å². The number of Topliss-reactive ketones (excluding diaryl/α,β-unsaturated/α-hetero) is 1. The van der Waals surface area contributed by atoms with Crippen molar-refractivity contribution in [3.05, 3.63) is 29.1 Å². The first-order valence-electron chi connectivity index (χ1n) is 6.14. The highest BCUT2D eigenvalue weighted by atomic mass is 32.1. The molecule has 3 atom stereocenters. The van der Waals surface area contributed by atoms with Crippen molar-refractivity contribution in [2.75, 3.05) is 6.61 Å². The van der Waals surface area contributed by atoms with Crippen molar-refractivity contribution in [3.8, 4) is 0 Å². The molecular weight excluding hydrogens is 266 g/mol. The third kappa shape index (κ3) is 1.60. The van der Waals surface area contributed by atoms with Gasteiger partial charge in [-0.25, -0.2) is 0 Å². The van der Waals surface area contributed by atoms with Crippen LogP contribution in [0, 0.1) is 4.84 Å². The molecule has 1 aromatic heterocycles. The number of carbonyl (C=O) groups excluding carboxylic acids is 1. The number of aromatic nitrogens is 1. The zero-order valence-electron chi connectivity index (χ0n) is 9.94. The van der Waals surface area contributed by atoms with Gasteiger partial charge in [0, 0.05) is 6.42 Å². The topological polar surface area (TPSA) is 53.6 Å². The number of fused-ring (bicyclic) bond motifs is 3. The zero-order chi connectivity index (χ0) is 13.0. The van der Waals surface area contributed by atoms with Crippen LogP contribution in [0.5, 0.6) is 0 Å². The average molecular weight is 277 g/mol. The minimum Gasteiger partial charge on any atom is -0.429 e. The predicted octanol–water partition coefficient (Wildman–Crippen LogP) is 2.22. The number of carbonyl (C=O) groups is 1. The fourth-order valence-electron chi connectivity index (χ4n) is 2.78. The van der Waals surface area contributed by atoms with Gasteiger partial charge in [0.05, 0.1) is 18.2 Å². The van der Waals surface area contributed by atoms with Crippen molar-refractivity contribution in [1.29, 1.82) is 0 Å². The van der Waals surface area contributed by atoms with Crippen LogP contribution in [0.2, 0.25) is 0 Å². The van der Waals surface area contributed by atoms with Crippen LogP contribution in [-0.4, -0.2) is 29.4 Å². The third-order valence-corrected chi connectivity index (χ3v) is 3.94. The summed E-state index contributed by atoms with van der Waals surface area (Å²) in [4.78, 5) is 12.2. The highest BCUT2D eigenvalue weighted by Crippen LogP contribution is 2.35. The smallest absolute Gasteiger partial charge is 0.269 e. The molecule has 0 amide bonds. The van der Waals surface area contributed by atoms with Crippen molar-refractivity contribution >= 4 is 29.1 Å². The van der Waals surface area contributed by atoms with E-state index >= 15 is 0 Å². The summed E-state index contributed by atoms with van der Waals surface area (Å²) < 4.78 is 18.3. The number of nitrogens with zero attached hydrogens (tertiary/aromatic N) is 1. The van der Waals surface area contributed by atoms with Crippen LogP contribution in [0.1, 0.15) is 12.5 Å². The zero-order valence-corrected chi connectivity index (χ0v) is 10.8. The summed E-state index contributed by atoms with van der Waals surface area (Å²) in [6.07, 6.45) is -0.461. The maximum atomic E-state index is 11.9. The van der Waals surface area contributed by atoms with Crippen LogP contribution < -0.4 is 0 Å². The summed E-state index contributed by atoms with van der Waals surface area (Å²) in [6, 6.07) is 7.45. The van der Waals surface area contributed by atoms with E-state index in [9.17, 15) is 4.79 Å². The molecule has 3 heterocycles. The lowest BCUT2D eigenvalue weighted by Crippen LogP contribution is -2.36. The Bertz CT molecular complexity index is 719. The second-order valence-corrected chi connectivity index (χ2v) is 5.13. The number of ketones is 1. The van der Waals surface area contributed by atoms with Gasteiger partial charge in [-0.3, -0.25) is 9.36 Å². The van der Waals surface area contributed by atoms with Crippen molar-refractivity contribution in [2.45, 2.75) is 24.9 Å². The molecule has 0 spiro atoms. The molecule has 0 radical (unpaired) electrons. The fourth-order valence-corrected chi connectivity index (χ4v) is 3.10. The average Bonchev–Trinajstić information content (AvgIpc) is 2.96. The van der Waals surface area contributed by atoms with Gasteiger partial charge in [-0.2, -0.15) is 0 Å². The van der Waals surface area contributed by atoms with E-state index in [-0.39, 0.29) is 17.9 Å². The highest BCUT2D eigenvalue weighted by molar-refractivity contribution is 7.71. The Labute approximate surface area is 113 Å². The van der Waals surface area contributed by atoms with Gasteiger partial charge in [-0.1, -0.05) is 12.1 Å². The Morgan fingerprint density at radius 2 is 2.16 bits per heavy atom. The van der Waals surface area contributed by atoms with Gasteiger partial charge < -0.3 is 13.9 Å². The minimum atomic E-state index is -0.686. The summed E-state index contributed by atoms with van der Waals surface area (Å²) in [5.74, 6) is -0.0362. The standard InChI is InChI=1S/C13H11NO4S/c15-9-5-8(11-6-16-12(9)17-11)14-7-3-1-2-4-10(7)18-13(14)19/h1-4,8,11-12H,5-6H2/t8-,11-,12-/m1/s1. The molecule has 0 unspecified atom stereocenters. The van der Waals surface area contributed by atoms with Crippen LogP contribution in [-0.2, 0) is 14.3 Å². The molecule has 2 fully saturated rings. The first-order chi connectivity index (χ1) is 9.24. The molecule has 0 N–H and O–H groups in total. The predicted molar refractivity (Wildman–Crippen MR) is 68.3 cm³/mol. The van der Waals surface area contributed by atoms with E-state index in [0.717, 1.165) is 11.1 Å². The second kappa shape index (κ2) is 4.00.